The second-order valence-electron chi connectivity index (χ2n) is 12.8. The largest absolute Gasteiger partial charge is 0.392 e. The summed E-state index contributed by atoms with van der Waals surface area (Å²) in [5.41, 5.74) is 2.66. The van der Waals surface area contributed by atoms with Gasteiger partial charge in [-0.2, -0.15) is 0 Å². The summed E-state index contributed by atoms with van der Waals surface area (Å²) in [6.07, 6.45) is 20.4. The lowest BCUT2D eigenvalue weighted by Crippen LogP contribution is -2.56. The fraction of sp³-hybridized carbons (Fsp3) is 0.786. The molecule has 162 valence electrons. The van der Waals surface area contributed by atoms with Crippen LogP contribution in [-0.2, 0) is 12.8 Å². The molecule has 1 aromatic carbocycles. The van der Waals surface area contributed by atoms with E-state index in [2.05, 4.69) is 24.3 Å². The first-order chi connectivity index (χ1) is 14.6. The van der Waals surface area contributed by atoms with Crippen molar-refractivity contribution in [1.82, 2.24) is 0 Å². The maximum absolute atomic E-state index is 9.52. The van der Waals surface area contributed by atoms with E-state index in [1.165, 1.54) is 6.16 Å². The van der Waals surface area contributed by atoms with E-state index in [0.29, 0.717) is 0 Å². The van der Waals surface area contributed by atoms with Crippen molar-refractivity contribution in [2.75, 3.05) is 0 Å². The molecule has 0 atom stereocenters. The lowest BCUT2D eigenvalue weighted by Gasteiger charge is -2.67. The van der Waals surface area contributed by atoms with Gasteiger partial charge in [0.25, 0.3) is 0 Å². The average molecular weight is 423 g/mol. The predicted molar refractivity (Wildman–Crippen MR) is 125 cm³/mol. The van der Waals surface area contributed by atoms with E-state index in [1.54, 1.807) is 82.6 Å². The molecule has 8 aliphatic carbocycles. The molecule has 0 unspecified atom stereocenters. The van der Waals surface area contributed by atoms with Crippen molar-refractivity contribution in [3.63, 3.8) is 0 Å². The average Bonchev–Trinajstić information content (AvgIpc) is 2.70. The summed E-state index contributed by atoms with van der Waals surface area (Å²) < 4.78 is 0. The molecule has 0 radical (unpaired) electrons. The van der Waals surface area contributed by atoms with E-state index in [9.17, 15) is 5.11 Å². The highest BCUT2D eigenvalue weighted by atomic mass is 31.1. The quantitative estimate of drug-likeness (QED) is 0.502. The molecule has 0 spiro atoms. The highest BCUT2D eigenvalue weighted by Crippen LogP contribution is 2.79. The molecule has 0 amide bonds. The van der Waals surface area contributed by atoms with Crippen molar-refractivity contribution in [3.8, 4) is 0 Å². The van der Waals surface area contributed by atoms with Crippen LogP contribution in [0.15, 0.2) is 24.3 Å². The fourth-order valence-corrected chi connectivity index (χ4v) is 15.7. The van der Waals surface area contributed by atoms with Crippen LogP contribution < -0.4 is 0 Å². The predicted octanol–water partition coefficient (Wildman–Crippen LogP) is 7.10. The lowest BCUT2D eigenvalue weighted by molar-refractivity contribution is 0.0184. The molecule has 0 saturated heterocycles. The Morgan fingerprint density at radius 1 is 0.600 bits per heavy atom. The van der Waals surface area contributed by atoms with E-state index in [1.807, 2.05) is 0 Å². The van der Waals surface area contributed by atoms with Crippen molar-refractivity contribution in [1.29, 1.82) is 0 Å². The molecule has 1 aromatic rings. The Hall–Kier alpha value is -0.390. The van der Waals surface area contributed by atoms with Gasteiger partial charge in [0.05, 0.1) is 6.61 Å². The molecule has 1 nitrogen and oxygen atoms in total. The zero-order valence-electron chi connectivity index (χ0n) is 18.6. The van der Waals surface area contributed by atoms with E-state index >= 15 is 0 Å². The molecule has 0 heterocycles. The van der Waals surface area contributed by atoms with Crippen molar-refractivity contribution in [2.45, 2.75) is 100 Å². The molecule has 30 heavy (non-hydrogen) atoms. The summed E-state index contributed by atoms with van der Waals surface area (Å²) in [6.45, 7) is 0.180. The van der Waals surface area contributed by atoms with Crippen LogP contribution in [0.3, 0.4) is 0 Å². The minimum atomic E-state index is 0.0385. The van der Waals surface area contributed by atoms with Gasteiger partial charge in [-0.3, -0.25) is 0 Å². The molecule has 8 fully saturated rings. The van der Waals surface area contributed by atoms with Gasteiger partial charge in [-0.05, 0) is 140 Å². The highest BCUT2D eigenvalue weighted by molar-refractivity contribution is 7.60. The zero-order valence-corrected chi connectivity index (χ0v) is 19.5. The summed E-state index contributed by atoms with van der Waals surface area (Å²) >= 11 is 0. The van der Waals surface area contributed by atoms with Crippen molar-refractivity contribution >= 4 is 7.92 Å². The van der Waals surface area contributed by atoms with Gasteiger partial charge in [0, 0.05) is 0 Å². The Morgan fingerprint density at radius 3 is 1.27 bits per heavy atom. The van der Waals surface area contributed by atoms with Gasteiger partial charge in [-0.1, -0.05) is 32.2 Å². The second kappa shape index (κ2) is 6.81. The van der Waals surface area contributed by atoms with Gasteiger partial charge in [0.1, 0.15) is 0 Å². The van der Waals surface area contributed by atoms with Gasteiger partial charge < -0.3 is 5.11 Å². The lowest BCUT2D eigenvalue weighted by atomic mass is 9.55. The fourth-order valence-electron chi connectivity index (χ4n) is 10.6. The first-order valence-electron chi connectivity index (χ1n) is 13.1. The van der Waals surface area contributed by atoms with E-state index in [4.69, 9.17) is 0 Å². The molecule has 1 N–H and O–H groups in total. The molecular weight excluding hydrogens is 383 g/mol. The Balaban J connectivity index is 1.28. The third-order valence-electron chi connectivity index (χ3n) is 10.7. The van der Waals surface area contributed by atoms with Crippen LogP contribution in [0.2, 0.25) is 0 Å². The number of benzene rings is 1. The summed E-state index contributed by atoms with van der Waals surface area (Å²) in [6, 6.07) is 9.15. The molecule has 2 heteroatoms. The third-order valence-corrected chi connectivity index (χ3v) is 14.8. The first kappa shape index (κ1) is 19.1. The van der Waals surface area contributed by atoms with Crippen molar-refractivity contribution < 1.29 is 5.11 Å². The number of aliphatic hydroxyl groups excluding tert-OH is 1. The second-order valence-corrected chi connectivity index (χ2v) is 15.9. The highest BCUT2D eigenvalue weighted by Gasteiger charge is 2.62. The summed E-state index contributed by atoms with van der Waals surface area (Å²) in [5, 5.41) is 11.0. The Morgan fingerprint density at radius 2 is 0.933 bits per heavy atom. The molecule has 0 aromatic heterocycles. The van der Waals surface area contributed by atoms with Crippen LogP contribution in [0.5, 0.6) is 0 Å². The van der Waals surface area contributed by atoms with Crippen LogP contribution in [0.1, 0.15) is 88.2 Å². The van der Waals surface area contributed by atoms with Crippen molar-refractivity contribution in [2.24, 2.45) is 35.5 Å². The van der Waals surface area contributed by atoms with E-state index < -0.39 is 0 Å². The normalized spacial score (nSPS) is 49.0. The molecule has 8 saturated carbocycles. The summed E-state index contributed by atoms with van der Waals surface area (Å²) in [7, 11) is 0.0385. The number of aliphatic hydroxyl groups is 1. The van der Waals surface area contributed by atoms with E-state index in [-0.39, 0.29) is 14.5 Å². The van der Waals surface area contributed by atoms with Gasteiger partial charge in [0.2, 0.25) is 0 Å². The van der Waals surface area contributed by atoms with Crippen molar-refractivity contribution in [3.05, 3.63) is 35.4 Å². The molecule has 9 rings (SSSR count). The minimum absolute atomic E-state index is 0.0385. The van der Waals surface area contributed by atoms with Crippen LogP contribution in [0.4, 0.5) is 0 Å². The SMILES string of the molecule is OCc1ccc(CP(C23CC4CC(CC(C4)C2)C3)C23CC4CC(CC(C4)C2)C3)cc1. The maximum Gasteiger partial charge on any atom is 0.0681 e. The van der Waals surface area contributed by atoms with Gasteiger partial charge in [-0.15, -0.1) is 0 Å². The molecular formula is C28H39OP. The monoisotopic (exact) mass is 422 g/mol. The molecule has 8 aliphatic rings. The zero-order chi connectivity index (χ0) is 19.9. The van der Waals surface area contributed by atoms with Crippen LogP contribution in [-0.4, -0.2) is 15.4 Å². The van der Waals surface area contributed by atoms with E-state index in [0.717, 1.165) is 51.4 Å². The van der Waals surface area contributed by atoms with Crippen LogP contribution in [0, 0.1) is 35.5 Å². The Bertz CT molecular complexity index is 696. The Kier molecular flexibility index (Phi) is 4.34. The van der Waals surface area contributed by atoms with Crippen LogP contribution >= 0.6 is 7.92 Å². The van der Waals surface area contributed by atoms with Gasteiger partial charge in [0.15, 0.2) is 0 Å². The topological polar surface area (TPSA) is 20.2 Å². The first-order valence-corrected chi connectivity index (χ1v) is 14.6. The number of rotatable bonds is 5. The summed E-state index contributed by atoms with van der Waals surface area (Å²) in [4.78, 5) is 0. The third kappa shape index (κ3) is 2.94. The van der Waals surface area contributed by atoms with Gasteiger partial charge in [-0.25, -0.2) is 0 Å². The van der Waals surface area contributed by atoms with Crippen LogP contribution in [0.25, 0.3) is 0 Å². The standard InChI is InChI=1S/C28H39OP/c29-17-19-1-3-20(4-2-19)18-30(27-11-21-5-22(12-27)7-23(6-21)13-27)28-14-24-8-25(15-28)10-26(9-24)16-28/h1-4,21-26,29H,5-18H2. The maximum atomic E-state index is 9.52. The number of hydrogen-bond donors (Lipinski definition) is 1. The number of hydrogen-bond acceptors (Lipinski definition) is 1. The minimum Gasteiger partial charge on any atom is -0.392 e. The molecule has 0 aliphatic heterocycles. The Labute approximate surface area is 184 Å². The molecule has 8 bridgehead atoms. The smallest absolute Gasteiger partial charge is 0.0681 e. The summed E-state index contributed by atoms with van der Waals surface area (Å²) in [5.74, 6) is 6.46. The van der Waals surface area contributed by atoms with Gasteiger partial charge >= 0.3 is 0 Å².